The van der Waals surface area contributed by atoms with E-state index in [1.165, 1.54) is 0 Å². The number of benzene rings is 1. The second-order valence-electron chi connectivity index (χ2n) is 6.74. The zero-order chi connectivity index (χ0) is 21.7. The van der Waals surface area contributed by atoms with Crippen molar-refractivity contribution in [1.29, 1.82) is 0 Å². The summed E-state index contributed by atoms with van der Waals surface area (Å²) >= 11 is 4.26. The van der Waals surface area contributed by atoms with Gasteiger partial charge in [0.1, 0.15) is 6.54 Å². The van der Waals surface area contributed by atoms with Gasteiger partial charge in [0.2, 0.25) is 0 Å². The molecule has 1 fully saturated rings. The highest BCUT2D eigenvalue weighted by atomic mass is 79.9. The van der Waals surface area contributed by atoms with Crippen LogP contribution in [0.4, 0.5) is 4.79 Å². The summed E-state index contributed by atoms with van der Waals surface area (Å²) in [6.45, 7) is 9.13. The summed E-state index contributed by atoms with van der Waals surface area (Å²) in [5, 5.41) is -0.509. The van der Waals surface area contributed by atoms with Crippen LogP contribution in [0.25, 0.3) is 6.08 Å². The summed E-state index contributed by atoms with van der Waals surface area (Å²) in [7, 11) is 0. The summed E-state index contributed by atoms with van der Waals surface area (Å²) in [6, 6.07) is 3.52. The topological polar surface area (TPSA) is 82.1 Å². The fraction of sp³-hybridized carbons (Fsp3) is 0.450. The van der Waals surface area contributed by atoms with Crippen LogP contribution in [0.3, 0.4) is 0 Å². The third kappa shape index (κ3) is 6.24. The largest absolute Gasteiger partial charge is 0.490 e. The Labute approximate surface area is 182 Å². The van der Waals surface area contributed by atoms with Crippen LogP contribution in [0, 0.1) is 0 Å². The van der Waals surface area contributed by atoms with E-state index in [9.17, 15) is 14.4 Å². The van der Waals surface area contributed by atoms with Crippen LogP contribution in [0.2, 0.25) is 0 Å². The third-order valence-electron chi connectivity index (χ3n) is 3.51. The number of thioether (sulfide) groups is 1. The molecule has 0 N–H and O–H groups in total. The molecule has 7 nitrogen and oxygen atoms in total. The van der Waals surface area contributed by atoms with Gasteiger partial charge in [-0.05, 0) is 86.1 Å². The van der Waals surface area contributed by atoms with E-state index in [2.05, 4.69) is 15.9 Å². The minimum absolute atomic E-state index is 0.0431. The van der Waals surface area contributed by atoms with Crippen LogP contribution in [0.15, 0.2) is 21.5 Å². The molecule has 1 aliphatic heterocycles. The Balaban J connectivity index is 2.28. The van der Waals surface area contributed by atoms with Crippen LogP contribution in [-0.4, -0.2) is 47.4 Å². The summed E-state index contributed by atoms with van der Waals surface area (Å²) in [5.74, 6) is -0.0532. The molecule has 0 unspecified atom stereocenters. The van der Waals surface area contributed by atoms with Gasteiger partial charge in [-0.1, -0.05) is 0 Å². The predicted molar refractivity (Wildman–Crippen MR) is 115 cm³/mol. The van der Waals surface area contributed by atoms with Crippen LogP contribution in [0.1, 0.15) is 40.2 Å². The first-order valence-electron chi connectivity index (χ1n) is 9.20. The Morgan fingerprint density at radius 2 is 1.90 bits per heavy atom. The lowest BCUT2D eigenvalue weighted by molar-refractivity contribution is -0.149. The number of hydrogen-bond donors (Lipinski definition) is 0. The molecule has 1 aliphatic rings. The Morgan fingerprint density at radius 3 is 2.48 bits per heavy atom. The Hall–Kier alpha value is -2.00. The van der Waals surface area contributed by atoms with Gasteiger partial charge in [-0.15, -0.1) is 0 Å². The molecule has 0 atom stereocenters. The third-order valence-corrected chi connectivity index (χ3v) is 5.01. The van der Waals surface area contributed by atoms with E-state index >= 15 is 0 Å². The molecule has 2 rings (SSSR count). The number of rotatable bonds is 8. The van der Waals surface area contributed by atoms with Crippen molar-refractivity contribution in [3.63, 3.8) is 0 Å². The summed E-state index contributed by atoms with van der Waals surface area (Å²) < 4.78 is 17.2. The van der Waals surface area contributed by atoms with Gasteiger partial charge in [0, 0.05) is 0 Å². The van der Waals surface area contributed by atoms with Crippen molar-refractivity contribution < 1.29 is 28.6 Å². The zero-order valence-corrected chi connectivity index (χ0v) is 19.4. The molecule has 0 radical (unpaired) electrons. The lowest BCUT2D eigenvalue weighted by Crippen LogP contribution is -2.35. The summed E-state index contributed by atoms with van der Waals surface area (Å²) in [5.41, 5.74) is 0.659. The fourth-order valence-electron chi connectivity index (χ4n) is 2.50. The summed E-state index contributed by atoms with van der Waals surface area (Å²) in [6.07, 6.45) is 1.22. The first kappa shape index (κ1) is 23.3. The Kier molecular flexibility index (Phi) is 8.15. The average molecular weight is 486 g/mol. The van der Waals surface area contributed by atoms with Gasteiger partial charge in [-0.25, -0.2) is 0 Å². The molecule has 0 saturated carbocycles. The van der Waals surface area contributed by atoms with Crippen molar-refractivity contribution in [2.45, 2.75) is 46.8 Å². The highest BCUT2D eigenvalue weighted by molar-refractivity contribution is 9.10. The molecular formula is C20H24BrNO6S. The van der Waals surface area contributed by atoms with Gasteiger partial charge < -0.3 is 14.2 Å². The van der Waals surface area contributed by atoms with E-state index in [0.717, 1.165) is 16.7 Å². The highest BCUT2D eigenvalue weighted by Crippen LogP contribution is 2.39. The van der Waals surface area contributed by atoms with E-state index < -0.39 is 23.7 Å². The van der Waals surface area contributed by atoms with Crippen LogP contribution >= 0.6 is 27.7 Å². The molecule has 1 heterocycles. The van der Waals surface area contributed by atoms with Crippen LogP contribution < -0.4 is 9.47 Å². The number of hydrogen-bond acceptors (Lipinski definition) is 7. The first-order valence-corrected chi connectivity index (χ1v) is 10.8. The number of nitrogens with zero attached hydrogens (tertiary/aromatic N) is 1. The number of ether oxygens (including phenoxy) is 3. The Bertz CT molecular complexity index is 837. The van der Waals surface area contributed by atoms with Crippen molar-refractivity contribution in [2.24, 2.45) is 0 Å². The monoisotopic (exact) mass is 485 g/mol. The van der Waals surface area contributed by atoms with Gasteiger partial charge in [-0.2, -0.15) is 0 Å². The normalized spacial score (nSPS) is 15.6. The first-order chi connectivity index (χ1) is 13.6. The predicted octanol–water partition coefficient (Wildman–Crippen LogP) is 4.62. The highest BCUT2D eigenvalue weighted by Gasteiger charge is 2.36. The lowest BCUT2D eigenvalue weighted by atomic mass is 10.1. The van der Waals surface area contributed by atoms with Gasteiger partial charge in [0.05, 0.1) is 28.2 Å². The van der Waals surface area contributed by atoms with Crippen LogP contribution in [-0.2, 0) is 14.3 Å². The van der Waals surface area contributed by atoms with E-state index in [1.54, 1.807) is 32.1 Å². The van der Waals surface area contributed by atoms with Crippen molar-refractivity contribution in [3.05, 3.63) is 27.1 Å². The van der Waals surface area contributed by atoms with Gasteiger partial charge in [0.15, 0.2) is 11.5 Å². The molecule has 1 saturated heterocycles. The SMILES string of the molecule is CCOc1cc(/C=C2/SC(=O)N(CC(=O)OC(C)C)C2=O)cc(Br)c1OC(C)C. The molecule has 0 bridgehead atoms. The standard InChI is InChI=1S/C20H24BrNO6S/c1-6-26-15-8-13(7-14(21)18(15)28-12(4)5)9-16-19(24)22(20(25)29-16)10-17(23)27-11(2)3/h7-9,11-12H,6,10H2,1-5H3/b16-9+. The molecule has 158 valence electrons. The minimum Gasteiger partial charge on any atom is -0.490 e. The molecule has 0 spiro atoms. The van der Waals surface area contributed by atoms with Crippen molar-refractivity contribution >= 4 is 50.9 Å². The van der Waals surface area contributed by atoms with Gasteiger partial charge in [-0.3, -0.25) is 19.3 Å². The lowest BCUT2D eigenvalue weighted by Gasteiger charge is -2.17. The molecule has 0 aromatic heterocycles. The molecular weight excluding hydrogens is 462 g/mol. The maximum absolute atomic E-state index is 12.6. The number of halogens is 1. The minimum atomic E-state index is -0.625. The van der Waals surface area contributed by atoms with Gasteiger partial charge >= 0.3 is 5.97 Å². The van der Waals surface area contributed by atoms with Crippen molar-refractivity contribution in [2.75, 3.05) is 13.2 Å². The number of amides is 2. The molecule has 2 amide bonds. The Morgan fingerprint density at radius 1 is 1.21 bits per heavy atom. The second kappa shape index (κ2) is 10.2. The number of esters is 1. The molecule has 1 aromatic carbocycles. The average Bonchev–Trinajstić information content (AvgIpc) is 2.85. The van der Waals surface area contributed by atoms with E-state index in [1.807, 2.05) is 20.8 Å². The maximum atomic E-state index is 12.6. The second-order valence-corrected chi connectivity index (χ2v) is 8.58. The molecule has 1 aromatic rings. The van der Waals surface area contributed by atoms with Crippen molar-refractivity contribution in [1.82, 2.24) is 4.90 Å². The smallest absolute Gasteiger partial charge is 0.326 e. The van der Waals surface area contributed by atoms with Gasteiger partial charge in [0.25, 0.3) is 11.1 Å². The number of carbonyl (C=O) groups is 3. The summed E-state index contributed by atoms with van der Waals surface area (Å²) in [4.78, 5) is 37.7. The quantitative estimate of drug-likeness (QED) is 0.392. The van der Waals surface area contributed by atoms with E-state index in [4.69, 9.17) is 14.2 Å². The number of carbonyl (C=O) groups excluding carboxylic acids is 3. The molecule has 0 aliphatic carbocycles. The molecule has 9 heteroatoms. The number of imide groups is 1. The molecule has 29 heavy (non-hydrogen) atoms. The van der Waals surface area contributed by atoms with Crippen LogP contribution in [0.5, 0.6) is 11.5 Å². The van der Waals surface area contributed by atoms with E-state index in [0.29, 0.717) is 28.1 Å². The van der Waals surface area contributed by atoms with E-state index in [-0.39, 0.29) is 17.1 Å². The maximum Gasteiger partial charge on any atom is 0.326 e. The van der Waals surface area contributed by atoms with Crippen molar-refractivity contribution in [3.8, 4) is 11.5 Å². The fourth-order valence-corrected chi connectivity index (χ4v) is 3.89. The zero-order valence-electron chi connectivity index (χ0n) is 17.0.